The molecular formula is C13H16O2. The van der Waals surface area contributed by atoms with Gasteiger partial charge in [-0.3, -0.25) is 4.79 Å². The quantitative estimate of drug-likeness (QED) is 0.749. The van der Waals surface area contributed by atoms with Gasteiger partial charge in [-0.1, -0.05) is 24.3 Å². The molecule has 2 aliphatic carbocycles. The summed E-state index contributed by atoms with van der Waals surface area (Å²) in [5.41, 5.74) is 1.34. The molecule has 0 radical (unpaired) electrons. The lowest BCUT2D eigenvalue weighted by Gasteiger charge is -2.19. The van der Waals surface area contributed by atoms with Crippen molar-refractivity contribution >= 4 is 5.78 Å². The maximum absolute atomic E-state index is 12.0. The van der Waals surface area contributed by atoms with Gasteiger partial charge in [-0.05, 0) is 32.1 Å². The number of Topliss-reactive ketones (excluding diaryl/α,β-unsaturated/α-hetero) is 1. The normalized spacial score (nSPS) is 25.8. The average molecular weight is 204 g/mol. The Kier molecular flexibility index (Phi) is 3.17. The number of rotatable bonds is 2. The summed E-state index contributed by atoms with van der Waals surface area (Å²) in [5, 5.41) is 9.73. The summed E-state index contributed by atoms with van der Waals surface area (Å²) in [4.78, 5) is 12.0. The van der Waals surface area contributed by atoms with Crippen LogP contribution in [-0.4, -0.2) is 17.0 Å². The standard InChI is InChI=1S/C13H16O2/c14-12-9-5-4-8-11(12)13(15)10-6-2-1-3-7-10/h2,6-8,12,14H,1,3-5,9H2. The van der Waals surface area contributed by atoms with E-state index >= 15 is 0 Å². The van der Waals surface area contributed by atoms with Crippen LogP contribution in [0.1, 0.15) is 32.1 Å². The first kappa shape index (κ1) is 10.4. The summed E-state index contributed by atoms with van der Waals surface area (Å²) in [5.74, 6) is 0.0122. The fourth-order valence-electron chi connectivity index (χ4n) is 2.05. The Bertz CT molecular complexity index is 348. The molecule has 2 heteroatoms. The maximum atomic E-state index is 12.0. The second-order valence-corrected chi connectivity index (χ2v) is 4.07. The number of allylic oxidation sites excluding steroid dienone is 5. The zero-order valence-electron chi connectivity index (χ0n) is 8.78. The molecule has 0 amide bonds. The summed E-state index contributed by atoms with van der Waals surface area (Å²) < 4.78 is 0. The Balaban J connectivity index is 2.16. The van der Waals surface area contributed by atoms with Crippen LogP contribution < -0.4 is 0 Å². The average Bonchev–Trinajstić information content (AvgIpc) is 2.30. The fourth-order valence-corrected chi connectivity index (χ4v) is 2.05. The van der Waals surface area contributed by atoms with Crippen molar-refractivity contribution in [2.75, 3.05) is 0 Å². The van der Waals surface area contributed by atoms with Gasteiger partial charge >= 0.3 is 0 Å². The van der Waals surface area contributed by atoms with E-state index in [0.29, 0.717) is 12.0 Å². The van der Waals surface area contributed by atoms with E-state index in [1.165, 1.54) is 0 Å². The van der Waals surface area contributed by atoms with Gasteiger partial charge in [0.2, 0.25) is 0 Å². The van der Waals surface area contributed by atoms with Crippen LogP contribution in [-0.2, 0) is 4.79 Å². The molecule has 0 spiro atoms. The molecule has 15 heavy (non-hydrogen) atoms. The van der Waals surface area contributed by atoms with Crippen molar-refractivity contribution in [3.8, 4) is 0 Å². The second kappa shape index (κ2) is 4.58. The minimum atomic E-state index is -0.553. The van der Waals surface area contributed by atoms with E-state index in [1.807, 2.05) is 24.3 Å². The number of hydrogen-bond acceptors (Lipinski definition) is 2. The van der Waals surface area contributed by atoms with E-state index in [1.54, 1.807) is 0 Å². The lowest BCUT2D eigenvalue weighted by Crippen LogP contribution is -2.22. The third-order valence-electron chi connectivity index (χ3n) is 2.92. The molecule has 1 N–H and O–H groups in total. The number of ketones is 1. The molecule has 2 rings (SSSR count). The Labute approximate surface area is 90.0 Å². The predicted octanol–water partition coefficient (Wildman–Crippen LogP) is 2.30. The number of aliphatic hydroxyl groups is 1. The van der Waals surface area contributed by atoms with Gasteiger partial charge in [0.1, 0.15) is 0 Å². The number of carbonyl (C=O) groups is 1. The van der Waals surface area contributed by atoms with Crippen LogP contribution in [0.15, 0.2) is 35.5 Å². The predicted molar refractivity (Wildman–Crippen MR) is 59.4 cm³/mol. The van der Waals surface area contributed by atoms with Crippen molar-refractivity contribution in [2.45, 2.75) is 38.2 Å². The molecule has 0 fully saturated rings. The molecule has 0 aromatic carbocycles. The van der Waals surface area contributed by atoms with Gasteiger partial charge in [-0.25, -0.2) is 0 Å². The SMILES string of the molecule is O=C(C1=CCCC=C1)C1=CCCCC1O. The Morgan fingerprint density at radius 1 is 1.27 bits per heavy atom. The highest BCUT2D eigenvalue weighted by Crippen LogP contribution is 2.23. The van der Waals surface area contributed by atoms with Crippen molar-refractivity contribution in [3.63, 3.8) is 0 Å². The Hall–Kier alpha value is -1.15. The van der Waals surface area contributed by atoms with Crippen LogP contribution in [0.2, 0.25) is 0 Å². The van der Waals surface area contributed by atoms with Gasteiger partial charge < -0.3 is 5.11 Å². The second-order valence-electron chi connectivity index (χ2n) is 4.07. The summed E-state index contributed by atoms with van der Waals surface area (Å²) in [7, 11) is 0. The lowest BCUT2D eigenvalue weighted by atomic mass is 9.89. The Morgan fingerprint density at radius 2 is 2.13 bits per heavy atom. The van der Waals surface area contributed by atoms with Crippen LogP contribution in [0.4, 0.5) is 0 Å². The van der Waals surface area contributed by atoms with Gasteiger partial charge in [0.25, 0.3) is 0 Å². The molecule has 0 heterocycles. The summed E-state index contributed by atoms with van der Waals surface area (Å²) in [6, 6.07) is 0. The maximum Gasteiger partial charge on any atom is 0.190 e. The smallest absolute Gasteiger partial charge is 0.190 e. The molecule has 1 atom stereocenters. The summed E-state index contributed by atoms with van der Waals surface area (Å²) in [6.45, 7) is 0. The molecular weight excluding hydrogens is 188 g/mol. The van der Waals surface area contributed by atoms with Crippen LogP contribution in [0.3, 0.4) is 0 Å². The molecule has 80 valence electrons. The lowest BCUT2D eigenvalue weighted by molar-refractivity contribution is -0.113. The summed E-state index contributed by atoms with van der Waals surface area (Å²) >= 11 is 0. The van der Waals surface area contributed by atoms with Gasteiger partial charge in [-0.2, -0.15) is 0 Å². The number of carbonyl (C=O) groups excluding carboxylic acids is 1. The van der Waals surface area contributed by atoms with Crippen LogP contribution in [0.5, 0.6) is 0 Å². The fraction of sp³-hybridized carbons (Fsp3) is 0.462. The van der Waals surface area contributed by atoms with Crippen molar-refractivity contribution in [3.05, 3.63) is 35.5 Å². The van der Waals surface area contributed by atoms with Gasteiger partial charge in [0, 0.05) is 11.1 Å². The molecule has 0 saturated carbocycles. The van der Waals surface area contributed by atoms with Crippen LogP contribution >= 0.6 is 0 Å². The van der Waals surface area contributed by atoms with E-state index in [0.717, 1.165) is 31.3 Å². The van der Waals surface area contributed by atoms with Crippen molar-refractivity contribution in [1.29, 1.82) is 0 Å². The first-order valence-corrected chi connectivity index (χ1v) is 5.58. The zero-order chi connectivity index (χ0) is 10.7. The van der Waals surface area contributed by atoms with Gasteiger partial charge in [0.05, 0.1) is 6.10 Å². The van der Waals surface area contributed by atoms with E-state index in [-0.39, 0.29) is 5.78 Å². The summed E-state index contributed by atoms with van der Waals surface area (Å²) in [6.07, 6.45) is 11.7. The third kappa shape index (κ3) is 2.26. The molecule has 0 saturated heterocycles. The van der Waals surface area contributed by atoms with E-state index in [2.05, 4.69) is 0 Å². The van der Waals surface area contributed by atoms with Crippen LogP contribution in [0.25, 0.3) is 0 Å². The Morgan fingerprint density at radius 3 is 2.80 bits per heavy atom. The molecule has 2 aliphatic rings. The molecule has 2 nitrogen and oxygen atoms in total. The minimum Gasteiger partial charge on any atom is -0.388 e. The largest absolute Gasteiger partial charge is 0.388 e. The minimum absolute atomic E-state index is 0.0122. The molecule has 0 aliphatic heterocycles. The highest BCUT2D eigenvalue weighted by atomic mass is 16.3. The van der Waals surface area contributed by atoms with E-state index in [9.17, 15) is 9.90 Å². The monoisotopic (exact) mass is 204 g/mol. The number of aliphatic hydroxyl groups excluding tert-OH is 1. The molecule has 0 bridgehead atoms. The molecule has 0 aromatic rings. The highest BCUT2D eigenvalue weighted by molar-refractivity contribution is 6.10. The van der Waals surface area contributed by atoms with Gasteiger partial charge in [0.15, 0.2) is 5.78 Å². The number of hydrogen-bond donors (Lipinski definition) is 1. The first-order valence-electron chi connectivity index (χ1n) is 5.58. The van der Waals surface area contributed by atoms with Crippen molar-refractivity contribution < 1.29 is 9.90 Å². The molecule has 1 unspecified atom stereocenters. The zero-order valence-corrected chi connectivity index (χ0v) is 8.78. The first-order chi connectivity index (χ1) is 7.29. The van der Waals surface area contributed by atoms with Gasteiger partial charge in [-0.15, -0.1) is 0 Å². The van der Waals surface area contributed by atoms with Crippen molar-refractivity contribution in [1.82, 2.24) is 0 Å². The van der Waals surface area contributed by atoms with E-state index in [4.69, 9.17) is 0 Å². The topological polar surface area (TPSA) is 37.3 Å². The van der Waals surface area contributed by atoms with E-state index < -0.39 is 6.10 Å². The molecule has 0 aromatic heterocycles. The highest BCUT2D eigenvalue weighted by Gasteiger charge is 2.22. The van der Waals surface area contributed by atoms with Crippen LogP contribution in [0, 0.1) is 0 Å². The van der Waals surface area contributed by atoms with Crippen molar-refractivity contribution in [2.24, 2.45) is 0 Å². The third-order valence-corrected chi connectivity index (χ3v) is 2.92.